The van der Waals surface area contributed by atoms with Gasteiger partial charge in [0.1, 0.15) is 6.04 Å². The monoisotopic (exact) mass is 407 g/mol. The number of primary amides is 1. The van der Waals surface area contributed by atoms with Crippen LogP contribution in [-0.4, -0.2) is 47.3 Å². The van der Waals surface area contributed by atoms with E-state index in [1.807, 2.05) is 30.3 Å². The Morgan fingerprint density at radius 3 is 1.97 bits per heavy atom. The fourth-order valence-electron chi connectivity index (χ4n) is 2.79. The molecule has 0 saturated carbocycles. The number of aliphatic hydroxyl groups is 1. The summed E-state index contributed by atoms with van der Waals surface area (Å²) in [6.45, 7) is 7.05. The lowest BCUT2D eigenvalue weighted by Crippen LogP contribution is -2.60. The van der Waals surface area contributed by atoms with Crippen LogP contribution in [0, 0.1) is 11.8 Å². The van der Waals surface area contributed by atoms with E-state index in [2.05, 4.69) is 16.0 Å². The SMILES string of the molecule is CC(C)C(NC(=O)[C@@H](NC(O)NC(=O)[C@@H](N)Cc1ccccc1)C(C)C)C(N)=O. The van der Waals surface area contributed by atoms with E-state index in [9.17, 15) is 19.5 Å². The summed E-state index contributed by atoms with van der Waals surface area (Å²) in [6.07, 6.45) is -1.18. The Bertz CT molecular complexity index is 681. The van der Waals surface area contributed by atoms with Crippen molar-refractivity contribution in [3.05, 3.63) is 35.9 Å². The molecule has 1 aromatic carbocycles. The zero-order valence-electron chi connectivity index (χ0n) is 17.4. The molecule has 0 bridgehead atoms. The maximum absolute atomic E-state index is 12.6. The summed E-state index contributed by atoms with van der Waals surface area (Å²) in [5, 5.41) is 17.8. The maximum Gasteiger partial charge on any atom is 0.240 e. The quantitative estimate of drug-likeness (QED) is 0.263. The van der Waals surface area contributed by atoms with E-state index in [0.717, 1.165) is 5.56 Å². The number of aliphatic hydroxyl groups excluding tert-OH is 1. The first-order chi connectivity index (χ1) is 13.5. The minimum atomic E-state index is -1.49. The van der Waals surface area contributed by atoms with Gasteiger partial charge in [-0.3, -0.25) is 19.7 Å². The van der Waals surface area contributed by atoms with Crippen LogP contribution in [0.4, 0.5) is 0 Å². The van der Waals surface area contributed by atoms with Gasteiger partial charge < -0.3 is 27.2 Å². The molecule has 9 nitrogen and oxygen atoms in total. The molecule has 0 spiro atoms. The first-order valence-corrected chi connectivity index (χ1v) is 9.66. The van der Waals surface area contributed by atoms with Crippen LogP contribution in [0.1, 0.15) is 33.3 Å². The molecule has 29 heavy (non-hydrogen) atoms. The van der Waals surface area contributed by atoms with Crippen molar-refractivity contribution >= 4 is 17.7 Å². The smallest absolute Gasteiger partial charge is 0.240 e. The third-order valence-electron chi connectivity index (χ3n) is 4.47. The van der Waals surface area contributed by atoms with Crippen molar-refractivity contribution in [3.8, 4) is 0 Å². The molecule has 3 amide bonds. The highest BCUT2D eigenvalue weighted by Crippen LogP contribution is 2.07. The highest BCUT2D eigenvalue weighted by atomic mass is 16.3. The van der Waals surface area contributed by atoms with Crippen LogP contribution in [0.15, 0.2) is 30.3 Å². The number of benzene rings is 1. The molecule has 0 aliphatic heterocycles. The third kappa shape index (κ3) is 8.18. The summed E-state index contributed by atoms with van der Waals surface area (Å²) >= 11 is 0. The van der Waals surface area contributed by atoms with Gasteiger partial charge in [0.05, 0.1) is 12.1 Å². The van der Waals surface area contributed by atoms with E-state index in [1.54, 1.807) is 27.7 Å². The topological polar surface area (TPSA) is 160 Å². The molecule has 0 heterocycles. The fraction of sp³-hybridized carbons (Fsp3) is 0.550. The molecule has 0 aromatic heterocycles. The Morgan fingerprint density at radius 1 is 0.931 bits per heavy atom. The molecule has 0 radical (unpaired) electrons. The highest BCUT2D eigenvalue weighted by Gasteiger charge is 2.30. The van der Waals surface area contributed by atoms with E-state index in [0.29, 0.717) is 6.42 Å². The molecule has 1 aromatic rings. The lowest BCUT2D eigenvalue weighted by atomic mass is 10.00. The van der Waals surface area contributed by atoms with Crippen molar-refractivity contribution in [2.75, 3.05) is 0 Å². The van der Waals surface area contributed by atoms with Gasteiger partial charge in [0.2, 0.25) is 17.7 Å². The Balaban J connectivity index is 2.67. The molecule has 0 saturated heterocycles. The molecule has 162 valence electrons. The van der Waals surface area contributed by atoms with Gasteiger partial charge in [-0.05, 0) is 23.8 Å². The molecular weight excluding hydrogens is 374 g/mol. The molecule has 0 aliphatic carbocycles. The van der Waals surface area contributed by atoms with Crippen LogP contribution in [0.2, 0.25) is 0 Å². The lowest BCUT2D eigenvalue weighted by Gasteiger charge is -2.28. The number of carbonyl (C=O) groups is 3. The van der Waals surface area contributed by atoms with Crippen LogP contribution < -0.4 is 27.4 Å². The summed E-state index contributed by atoms with van der Waals surface area (Å²) in [6, 6.07) is 6.70. The van der Waals surface area contributed by atoms with Crippen molar-refractivity contribution in [2.45, 2.75) is 58.6 Å². The van der Waals surface area contributed by atoms with Crippen LogP contribution in [-0.2, 0) is 20.8 Å². The Labute approximate surface area is 171 Å². The summed E-state index contributed by atoms with van der Waals surface area (Å²) in [4.78, 5) is 36.3. The predicted molar refractivity (Wildman–Crippen MR) is 110 cm³/mol. The van der Waals surface area contributed by atoms with Crippen molar-refractivity contribution in [3.63, 3.8) is 0 Å². The van der Waals surface area contributed by atoms with Crippen molar-refractivity contribution in [2.24, 2.45) is 23.3 Å². The summed E-state index contributed by atoms with van der Waals surface area (Å²) in [5.41, 5.74) is 12.1. The first-order valence-electron chi connectivity index (χ1n) is 9.66. The van der Waals surface area contributed by atoms with Gasteiger partial charge in [0.15, 0.2) is 6.35 Å². The minimum absolute atomic E-state index is 0.190. The Kier molecular flexibility index (Phi) is 9.73. The van der Waals surface area contributed by atoms with Crippen LogP contribution in [0.3, 0.4) is 0 Å². The number of carbonyl (C=O) groups excluding carboxylic acids is 3. The van der Waals surface area contributed by atoms with E-state index in [4.69, 9.17) is 11.5 Å². The highest BCUT2D eigenvalue weighted by molar-refractivity contribution is 5.89. The Morgan fingerprint density at radius 2 is 1.48 bits per heavy atom. The normalized spacial score (nSPS) is 15.4. The van der Waals surface area contributed by atoms with E-state index >= 15 is 0 Å². The lowest BCUT2D eigenvalue weighted by molar-refractivity contribution is -0.132. The minimum Gasteiger partial charge on any atom is -0.368 e. The molecule has 1 rings (SSSR count). The molecule has 0 aliphatic rings. The van der Waals surface area contributed by atoms with Crippen LogP contribution >= 0.6 is 0 Å². The number of nitrogens with one attached hydrogen (secondary N) is 3. The molecule has 8 N–H and O–H groups in total. The van der Waals surface area contributed by atoms with Gasteiger partial charge in [0, 0.05) is 0 Å². The average molecular weight is 408 g/mol. The zero-order valence-corrected chi connectivity index (χ0v) is 17.4. The van der Waals surface area contributed by atoms with Gasteiger partial charge >= 0.3 is 0 Å². The standard InChI is InChI=1S/C20H33N5O4/c1-11(2)15(17(22)26)23-19(28)16(12(3)4)24-20(29)25-18(27)14(21)10-13-8-6-5-7-9-13/h5-9,11-12,14-16,20,24,29H,10,21H2,1-4H3,(H2,22,26)(H,23,28)(H,25,27)/t14-,15?,16-,20?/m0/s1. The predicted octanol–water partition coefficient (Wildman–Crippen LogP) is -0.811. The van der Waals surface area contributed by atoms with Crippen molar-refractivity contribution in [1.29, 1.82) is 0 Å². The first kappa shape index (κ1) is 24.5. The Hall–Kier alpha value is -2.49. The van der Waals surface area contributed by atoms with Crippen LogP contribution in [0.5, 0.6) is 0 Å². The zero-order chi connectivity index (χ0) is 22.1. The number of rotatable bonds is 11. The van der Waals surface area contributed by atoms with Gasteiger partial charge in [-0.15, -0.1) is 0 Å². The molecular formula is C20H33N5O4. The molecule has 0 fully saturated rings. The molecule has 9 heteroatoms. The van der Waals surface area contributed by atoms with Crippen LogP contribution in [0.25, 0.3) is 0 Å². The average Bonchev–Trinajstić information content (AvgIpc) is 2.63. The number of hydrogen-bond donors (Lipinski definition) is 6. The van der Waals surface area contributed by atoms with Gasteiger partial charge in [0.25, 0.3) is 0 Å². The number of hydrogen-bond acceptors (Lipinski definition) is 6. The van der Waals surface area contributed by atoms with Crippen molar-refractivity contribution < 1.29 is 19.5 Å². The van der Waals surface area contributed by atoms with E-state index < -0.39 is 42.2 Å². The second-order valence-electron chi connectivity index (χ2n) is 7.73. The molecule has 4 atom stereocenters. The molecule has 2 unspecified atom stereocenters. The number of amides is 3. The third-order valence-corrected chi connectivity index (χ3v) is 4.47. The van der Waals surface area contributed by atoms with Gasteiger partial charge in [-0.2, -0.15) is 0 Å². The second-order valence-corrected chi connectivity index (χ2v) is 7.73. The van der Waals surface area contributed by atoms with Gasteiger partial charge in [-0.25, -0.2) is 0 Å². The summed E-state index contributed by atoms with van der Waals surface area (Å²) in [5.74, 6) is -2.13. The summed E-state index contributed by atoms with van der Waals surface area (Å²) in [7, 11) is 0. The fourth-order valence-corrected chi connectivity index (χ4v) is 2.79. The van der Waals surface area contributed by atoms with E-state index in [-0.39, 0.29) is 11.8 Å². The largest absolute Gasteiger partial charge is 0.368 e. The second kappa shape index (κ2) is 11.5. The number of nitrogens with two attached hydrogens (primary N) is 2. The van der Waals surface area contributed by atoms with Crippen molar-refractivity contribution in [1.82, 2.24) is 16.0 Å². The van der Waals surface area contributed by atoms with Gasteiger partial charge in [-0.1, -0.05) is 58.0 Å². The maximum atomic E-state index is 12.6. The summed E-state index contributed by atoms with van der Waals surface area (Å²) < 4.78 is 0. The van der Waals surface area contributed by atoms with E-state index in [1.165, 1.54) is 0 Å².